The number of hydrogen-bond donors (Lipinski definition) is 1. The molecule has 2 aromatic rings. The van der Waals surface area contributed by atoms with Gasteiger partial charge in [0.1, 0.15) is 11.6 Å². The highest BCUT2D eigenvalue weighted by Gasteiger charge is 2.22. The molecule has 0 amide bonds. The highest BCUT2D eigenvalue weighted by atomic mass is 19.1. The van der Waals surface area contributed by atoms with Crippen LogP contribution < -0.4 is 4.90 Å². The predicted molar refractivity (Wildman–Crippen MR) is 68.3 cm³/mol. The van der Waals surface area contributed by atoms with Crippen molar-refractivity contribution < 1.29 is 14.3 Å². The van der Waals surface area contributed by atoms with Crippen LogP contribution in [0.3, 0.4) is 0 Å². The molecule has 1 aliphatic rings. The van der Waals surface area contributed by atoms with Crippen LogP contribution in [0.1, 0.15) is 15.9 Å². The first kappa shape index (κ1) is 11.6. The van der Waals surface area contributed by atoms with Gasteiger partial charge in [0.25, 0.3) is 0 Å². The monoisotopic (exact) mass is 258 g/mol. The van der Waals surface area contributed by atoms with Crippen molar-refractivity contribution in [2.45, 2.75) is 6.42 Å². The molecule has 4 nitrogen and oxygen atoms in total. The molecule has 0 bridgehead atoms. The maximum atomic E-state index is 13.3. The Balaban J connectivity index is 2.04. The van der Waals surface area contributed by atoms with Gasteiger partial charge in [0.15, 0.2) is 0 Å². The molecule has 0 fully saturated rings. The summed E-state index contributed by atoms with van der Waals surface area (Å²) in [5.41, 5.74) is 1.98. The third kappa shape index (κ3) is 2.03. The average Bonchev–Trinajstić information content (AvgIpc) is 2.81. The summed E-state index contributed by atoms with van der Waals surface area (Å²) in [6.45, 7) is 0.675. The van der Waals surface area contributed by atoms with E-state index in [1.165, 1.54) is 30.5 Å². The standard InChI is InChI=1S/C14H11FN2O2/c15-11-2-1-9-4-6-17(12(9)8-11)13-7-10(14(18)19)3-5-16-13/h1-3,5,7-8H,4,6H2,(H,18,19). The fourth-order valence-corrected chi connectivity index (χ4v) is 2.29. The van der Waals surface area contributed by atoms with Crippen LogP contribution in [0.4, 0.5) is 15.9 Å². The van der Waals surface area contributed by atoms with E-state index in [0.29, 0.717) is 12.4 Å². The Morgan fingerprint density at radius 1 is 1.32 bits per heavy atom. The topological polar surface area (TPSA) is 53.4 Å². The van der Waals surface area contributed by atoms with Crippen molar-refractivity contribution >= 4 is 17.5 Å². The number of anilines is 2. The van der Waals surface area contributed by atoms with Gasteiger partial charge in [-0.15, -0.1) is 0 Å². The fraction of sp³-hybridized carbons (Fsp3) is 0.143. The Morgan fingerprint density at radius 2 is 2.16 bits per heavy atom. The number of aromatic carboxylic acids is 1. The molecule has 1 N–H and O–H groups in total. The molecule has 0 radical (unpaired) electrons. The van der Waals surface area contributed by atoms with Gasteiger partial charge in [0, 0.05) is 18.4 Å². The van der Waals surface area contributed by atoms with Gasteiger partial charge in [-0.3, -0.25) is 0 Å². The van der Waals surface area contributed by atoms with Gasteiger partial charge in [-0.2, -0.15) is 0 Å². The lowest BCUT2D eigenvalue weighted by atomic mass is 10.1. The molecule has 0 saturated carbocycles. The van der Waals surface area contributed by atoms with Crippen molar-refractivity contribution in [3.05, 3.63) is 53.5 Å². The molecule has 0 saturated heterocycles. The zero-order valence-corrected chi connectivity index (χ0v) is 10.0. The SMILES string of the molecule is O=C(O)c1ccnc(N2CCc3ccc(F)cc32)c1. The van der Waals surface area contributed by atoms with E-state index in [4.69, 9.17) is 5.11 Å². The first-order chi connectivity index (χ1) is 9.15. The van der Waals surface area contributed by atoms with Crippen LogP contribution in [0.15, 0.2) is 36.5 Å². The Morgan fingerprint density at radius 3 is 2.95 bits per heavy atom. The van der Waals surface area contributed by atoms with Gasteiger partial charge in [0.05, 0.1) is 5.56 Å². The maximum Gasteiger partial charge on any atom is 0.335 e. The molecule has 1 aliphatic heterocycles. The largest absolute Gasteiger partial charge is 0.478 e. The second kappa shape index (κ2) is 4.35. The maximum absolute atomic E-state index is 13.3. The number of carboxylic acids is 1. The molecule has 19 heavy (non-hydrogen) atoms. The van der Waals surface area contributed by atoms with Crippen LogP contribution in [0.5, 0.6) is 0 Å². The number of fused-ring (bicyclic) bond motifs is 1. The number of aromatic nitrogens is 1. The molecular formula is C14H11FN2O2. The number of rotatable bonds is 2. The highest BCUT2D eigenvalue weighted by molar-refractivity contribution is 5.88. The molecule has 3 rings (SSSR count). The smallest absolute Gasteiger partial charge is 0.335 e. The lowest BCUT2D eigenvalue weighted by Crippen LogP contribution is -2.15. The normalized spacial score (nSPS) is 13.4. The highest BCUT2D eigenvalue weighted by Crippen LogP contribution is 2.34. The van der Waals surface area contributed by atoms with E-state index in [-0.39, 0.29) is 11.4 Å². The lowest BCUT2D eigenvalue weighted by molar-refractivity contribution is 0.0697. The Bertz CT molecular complexity index is 658. The zero-order valence-electron chi connectivity index (χ0n) is 10.0. The van der Waals surface area contributed by atoms with Crippen molar-refractivity contribution in [1.29, 1.82) is 0 Å². The van der Waals surface area contributed by atoms with Crippen molar-refractivity contribution in [3.63, 3.8) is 0 Å². The number of pyridine rings is 1. The van der Waals surface area contributed by atoms with Crippen LogP contribution in [0.2, 0.25) is 0 Å². The molecule has 5 heteroatoms. The third-order valence-electron chi connectivity index (χ3n) is 3.21. The Hall–Kier alpha value is -2.43. The summed E-state index contributed by atoms with van der Waals surface area (Å²) in [5, 5.41) is 8.99. The lowest BCUT2D eigenvalue weighted by Gasteiger charge is -2.18. The minimum absolute atomic E-state index is 0.176. The van der Waals surface area contributed by atoms with E-state index in [1.807, 2.05) is 4.90 Å². The summed E-state index contributed by atoms with van der Waals surface area (Å²) >= 11 is 0. The molecule has 0 atom stereocenters. The first-order valence-electron chi connectivity index (χ1n) is 5.90. The minimum Gasteiger partial charge on any atom is -0.478 e. The molecule has 1 aromatic carbocycles. The first-order valence-corrected chi connectivity index (χ1v) is 5.90. The van der Waals surface area contributed by atoms with Gasteiger partial charge in [-0.05, 0) is 36.2 Å². The van der Waals surface area contributed by atoms with Gasteiger partial charge in [0.2, 0.25) is 0 Å². The molecule has 96 valence electrons. The van der Waals surface area contributed by atoms with E-state index in [0.717, 1.165) is 17.7 Å². The Labute approximate surface area is 109 Å². The summed E-state index contributed by atoms with van der Waals surface area (Å²) in [6.07, 6.45) is 2.25. The summed E-state index contributed by atoms with van der Waals surface area (Å²) in [7, 11) is 0. The number of benzene rings is 1. The van der Waals surface area contributed by atoms with Gasteiger partial charge < -0.3 is 10.0 Å². The van der Waals surface area contributed by atoms with E-state index < -0.39 is 5.97 Å². The quantitative estimate of drug-likeness (QED) is 0.899. The average molecular weight is 258 g/mol. The summed E-state index contributed by atoms with van der Waals surface area (Å²) in [5.74, 6) is -0.772. The van der Waals surface area contributed by atoms with E-state index >= 15 is 0 Å². The molecule has 0 unspecified atom stereocenters. The molecule has 2 heterocycles. The van der Waals surface area contributed by atoms with Crippen LogP contribution in [0, 0.1) is 5.82 Å². The molecule has 0 aliphatic carbocycles. The van der Waals surface area contributed by atoms with Crippen molar-refractivity contribution in [2.24, 2.45) is 0 Å². The number of carboxylic acid groups (broad SMARTS) is 1. The van der Waals surface area contributed by atoms with E-state index in [2.05, 4.69) is 4.98 Å². The van der Waals surface area contributed by atoms with Crippen molar-refractivity contribution in [2.75, 3.05) is 11.4 Å². The zero-order chi connectivity index (χ0) is 13.4. The number of carbonyl (C=O) groups is 1. The number of nitrogens with zero attached hydrogens (tertiary/aromatic N) is 2. The van der Waals surface area contributed by atoms with Crippen LogP contribution in [-0.2, 0) is 6.42 Å². The van der Waals surface area contributed by atoms with E-state index in [1.54, 1.807) is 6.07 Å². The molecule has 0 spiro atoms. The summed E-state index contributed by atoms with van der Waals surface area (Å²) < 4.78 is 13.3. The van der Waals surface area contributed by atoms with Crippen LogP contribution in [0.25, 0.3) is 0 Å². The van der Waals surface area contributed by atoms with Crippen LogP contribution >= 0.6 is 0 Å². The fourth-order valence-electron chi connectivity index (χ4n) is 2.29. The second-order valence-corrected chi connectivity index (χ2v) is 4.38. The summed E-state index contributed by atoms with van der Waals surface area (Å²) in [4.78, 5) is 17.0. The van der Waals surface area contributed by atoms with Crippen molar-refractivity contribution in [1.82, 2.24) is 4.98 Å². The number of hydrogen-bond acceptors (Lipinski definition) is 3. The molecular weight excluding hydrogens is 247 g/mol. The van der Waals surface area contributed by atoms with E-state index in [9.17, 15) is 9.18 Å². The minimum atomic E-state index is -0.998. The van der Waals surface area contributed by atoms with Gasteiger partial charge in [-0.25, -0.2) is 14.2 Å². The number of halogens is 1. The van der Waals surface area contributed by atoms with Crippen molar-refractivity contribution in [3.8, 4) is 0 Å². The Kier molecular flexibility index (Phi) is 2.67. The second-order valence-electron chi connectivity index (χ2n) is 4.38. The predicted octanol–water partition coefficient (Wildman–Crippen LogP) is 2.61. The molecule has 1 aromatic heterocycles. The van der Waals surface area contributed by atoms with Gasteiger partial charge in [-0.1, -0.05) is 6.07 Å². The van der Waals surface area contributed by atoms with Crippen LogP contribution in [-0.4, -0.2) is 22.6 Å². The summed E-state index contributed by atoms with van der Waals surface area (Å²) in [6, 6.07) is 7.59. The van der Waals surface area contributed by atoms with Gasteiger partial charge >= 0.3 is 5.97 Å². The third-order valence-corrected chi connectivity index (χ3v) is 3.21.